The Kier molecular flexibility index (Phi) is 3.99. The highest BCUT2D eigenvalue weighted by atomic mass is 19.4. The van der Waals surface area contributed by atoms with Crippen molar-refractivity contribution in [2.45, 2.75) is 32.5 Å². The number of anilines is 1. The van der Waals surface area contributed by atoms with E-state index < -0.39 is 11.7 Å². The Labute approximate surface area is 137 Å². The number of rotatable bonds is 3. The molecule has 0 saturated carbocycles. The smallest absolute Gasteiger partial charge is 0.416 e. The highest BCUT2D eigenvalue weighted by molar-refractivity contribution is 5.99. The van der Waals surface area contributed by atoms with Gasteiger partial charge in [-0.25, -0.2) is 0 Å². The molecule has 24 heavy (non-hydrogen) atoms. The molecular weight excluding hydrogens is 319 g/mol. The first kappa shape index (κ1) is 16.4. The van der Waals surface area contributed by atoms with Gasteiger partial charge in [-0.05, 0) is 55.3 Å². The van der Waals surface area contributed by atoms with Crippen LogP contribution in [0.25, 0.3) is 11.1 Å². The molecule has 0 fully saturated rings. The third-order valence-electron chi connectivity index (χ3n) is 3.71. The molecule has 1 amide bonds. The Morgan fingerprint density at radius 3 is 2.54 bits per heavy atom. The van der Waals surface area contributed by atoms with Gasteiger partial charge in [0, 0.05) is 11.3 Å². The minimum absolute atomic E-state index is 0.121. The Morgan fingerprint density at radius 1 is 1.12 bits per heavy atom. The summed E-state index contributed by atoms with van der Waals surface area (Å²) in [5.74, 6) is 0.264. The van der Waals surface area contributed by atoms with E-state index in [-0.39, 0.29) is 18.4 Å². The summed E-state index contributed by atoms with van der Waals surface area (Å²) < 4.78 is 44.8. The molecule has 126 valence electrons. The summed E-state index contributed by atoms with van der Waals surface area (Å²) in [6.07, 6.45) is -4.37. The first-order valence-electron chi connectivity index (χ1n) is 7.55. The van der Waals surface area contributed by atoms with Crippen molar-refractivity contribution in [3.05, 3.63) is 47.5 Å². The van der Waals surface area contributed by atoms with Crippen molar-refractivity contribution in [1.29, 1.82) is 0 Å². The lowest BCUT2D eigenvalue weighted by atomic mass is 9.98. The topological polar surface area (TPSA) is 38.3 Å². The second-order valence-corrected chi connectivity index (χ2v) is 5.97. The third kappa shape index (κ3) is 3.22. The van der Waals surface area contributed by atoms with Crippen molar-refractivity contribution < 1.29 is 22.7 Å². The van der Waals surface area contributed by atoms with Gasteiger partial charge in [-0.3, -0.25) is 4.79 Å². The molecule has 2 aromatic rings. The predicted octanol–water partition coefficient (Wildman–Crippen LogP) is 4.65. The molecule has 6 heteroatoms. The Morgan fingerprint density at radius 2 is 1.88 bits per heavy atom. The lowest BCUT2D eigenvalue weighted by molar-refractivity contribution is -0.137. The Balaban J connectivity index is 2.10. The van der Waals surface area contributed by atoms with E-state index in [4.69, 9.17) is 4.74 Å². The van der Waals surface area contributed by atoms with Crippen LogP contribution < -0.4 is 10.1 Å². The summed E-state index contributed by atoms with van der Waals surface area (Å²) in [5, 5.41) is 2.71. The van der Waals surface area contributed by atoms with Crippen molar-refractivity contribution in [1.82, 2.24) is 0 Å². The van der Waals surface area contributed by atoms with E-state index >= 15 is 0 Å². The fourth-order valence-corrected chi connectivity index (χ4v) is 2.69. The number of alkyl halides is 3. The van der Waals surface area contributed by atoms with Crippen LogP contribution in [0.5, 0.6) is 5.75 Å². The van der Waals surface area contributed by atoms with E-state index in [9.17, 15) is 18.0 Å². The minimum Gasteiger partial charge on any atom is -0.490 e. The van der Waals surface area contributed by atoms with Gasteiger partial charge in [0.1, 0.15) is 5.75 Å². The quantitative estimate of drug-likeness (QED) is 0.886. The Hall–Kier alpha value is -2.50. The standard InChI is InChI=1S/C18H16F3NO2/c1-10(2)24-16-6-4-13(18(19,20)21)9-14(16)11-3-5-15-12(7-11)8-17(23)22-15/h3-7,9-10H,8H2,1-2H3,(H,22,23). The second-order valence-electron chi connectivity index (χ2n) is 5.97. The molecule has 1 N–H and O–H groups in total. The van der Waals surface area contributed by atoms with Gasteiger partial charge in [-0.15, -0.1) is 0 Å². The highest BCUT2D eigenvalue weighted by Crippen LogP contribution is 2.39. The monoisotopic (exact) mass is 335 g/mol. The Bertz CT molecular complexity index is 797. The molecule has 0 saturated heterocycles. The first-order chi connectivity index (χ1) is 11.2. The van der Waals surface area contributed by atoms with Crippen LogP contribution in [-0.4, -0.2) is 12.0 Å². The minimum atomic E-state index is -4.43. The van der Waals surface area contributed by atoms with E-state index in [2.05, 4.69) is 5.32 Å². The van der Waals surface area contributed by atoms with Crippen LogP contribution in [0.2, 0.25) is 0 Å². The first-order valence-corrected chi connectivity index (χ1v) is 7.55. The number of carbonyl (C=O) groups is 1. The molecule has 0 atom stereocenters. The van der Waals surface area contributed by atoms with Crippen LogP contribution in [0, 0.1) is 0 Å². The van der Waals surface area contributed by atoms with Gasteiger partial charge in [0.15, 0.2) is 0 Å². The van der Waals surface area contributed by atoms with Crippen molar-refractivity contribution in [3.8, 4) is 16.9 Å². The van der Waals surface area contributed by atoms with Crippen LogP contribution in [0.1, 0.15) is 25.0 Å². The summed E-state index contributed by atoms with van der Waals surface area (Å²) in [7, 11) is 0. The molecule has 1 heterocycles. The molecule has 3 nitrogen and oxygen atoms in total. The summed E-state index contributed by atoms with van der Waals surface area (Å²) in [5.41, 5.74) is 1.68. The van der Waals surface area contributed by atoms with E-state index in [1.165, 1.54) is 6.07 Å². The number of nitrogens with one attached hydrogen (secondary N) is 1. The van der Waals surface area contributed by atoms with E-state index in [1.807, 2.05) is 13.8 Å². The summed E-state index contributed by atoms with van der Waals surface area (Å²) in [6.45, 7) is 3.62. The molecule has 0 aliphatic carbocycles. The molecule has 2 aromatic carbocycles. The van der Waals surface area contributed by atoms with Crippen molar-refractivity contribution in [3.63, 3.8) is 0 Å². The molecule has 0 radical (unpaired) electrons. The van der Waals surface area contributed by atoms with Gasteiger partial charge in [-0.1, -0.05) is 6.07 Å². The summed E-state index contributed by atoms with van der Waals surface area (Å²) in [4.78, 5) is 11.5. The number of fused-ring (bicyclic) bond motifs is 1. The van der Waals surface area contributed by atoms with Crippen molar-refractivity contribution >= 4 is 11.6 Å². The SMILES string of the molecule is CC(C)Oc1ccc(C(F)(F)F)cc1-c1ccc2c(c1)CC(=O)N2. The fraction of sp³-hybridized carbons (Fsp3) is 0.278. The molecule has 3 rings (SSSR count). The molecule has 0 aromatic heterocycles. The van der Waals surface area contributed by atoms with Gasteiger partial charge in [-0.2, -0.15) is 13.2 Å². The van der Waals surface area contributed by atoms with Crippen LogP contribution >= 0.6 is 0 Å². The zero-order valence-corrected chi connectivity index (χ0v) is 13.2. The number of hydrogen-bond acceptors (Lipinski definition) is 2. The zero-order valence-electron chi connectivity index (χ0n) is 13.2. The van der Waals surface area contributed by atoms with Gasteiger partial charge in [0.25, 0.3) is 0 Å². The van der Waals surface area contributed by atoms with E-state index in [1.54, 1.807) is 18.2 Å². The number of amides is 1. The predicted molar refractivity (Wildman–Crippen MR) is 85.0 cm³/mol. The normalized spacial score (nSPS) is 13.8. The average Bonchev–Trinajstić information content (AvgIpc) is 2.85. The maximum absolute atomic E-state index is 13.1. The van der Waals surface area contributed by atoms with Gasteiger partial charge >= 0.3 is 6.18 Å². The number of benzene rings is 2. The van der Waals surface area contributed by atoms with Crippen molar-refractivity contribution in [2.24, 2.45) is 0 Å². The summed E-state index contributed by atoms with van der Waals surface area (Å²) in [6, 6.07) is 8.57. The molecule has 0 bridgehead atoms. The number of hydrogen-bond donors (Lipinski definition) is 1. The van der Waals surface area contributed by atoms with Crippen molar-refractivity contribution in [2.75, 3.05) is 5.32 Å². The van der Waals surface area contributed by atoms with Gasteiger partial charge in [0.2, 0.25) is 5.91 Å². The maximum atomic E-state index is 13.1. The van der Waals surface area contributed by atoms with Crippen LogP contribution in [0.4, 0.5) is 18.9 Å². The molecular formula is C18H16F3NO2. The molecule has 0 spiro atoms. The molecule has 0 unspecified atom stereocenters. The second kappa shape index (κ2) is 5.85. The number of halogens is 3. The molecule has 1 aliphatic rings. The zero-order chi connectivity index (χ0) is 17.5. The third-order valence-corrected chi connectivity index (χ3v) is 3.71. The van der Waals surface area contributed by atoms with Crippen LogP contribution in [-0.2, 0) is 17.4 Å². The van der Waals surface area contributed by atoms with E-state index in [0.717, 1.165) is 17.7 Å². The fourth-order valence-electron chi connectivity index (χ4n) is 2.69. The number of ether oxygens (including phenoxy) is 1. The van der Waals surface area contributed by atoms with E-state index in [0.29, 0.717) is 22.6 Å². The van der Waals surface area contributed by atoms with Crippen LogP contribution in [0.15, 0.2) is 36.4 Å². The highest BCUT2D eigenvalue weighted by Gasteiger charge is 2.31. The summed E-state index contributed by atoms with van der Waals surface area (Å²) >= 11 is 0. The van der Waals surface area contributed by atoms with Gasteiger partial charge in [0.05, 0.1) is 18.1 Å². The molecule has 1 aliphatic heterocycles. The lowest BCUT2D eigenvalue weighted by Crippen LogP contribution is -2.09. The largest absolute Gasteiger partial charge is 0.490 e. The average molecular weight is 335 g/mol. The number of carbonyl (C=O) groups excluding carboxylic acids is 1. The maximum Gasteiger partial charge on any atom is 0.416 e. The van der Waals surface area contributed by atoms with Crippen LogP contribution in [0.3, 0.4) is 0 Å². The van der Waals surface area contributed by atoms with Gasteiger partial charge < -0.3 is 10.1 Å². The lowest BCUT2D eigenvalue weighted by Gasteiger charge is -2.17.